The maximum atomic E-state index is 10.4. The average Bonchev–Trinajstić information content (AvgIpc) is 1.97. The largest absolute Gasteiger partial charge is 0.481 e. The van der Waals surface area contributed by atoms with Crippen LogP contribution < -0.4 is 6.15 Å². The molecule has 3 nitrogen and oxygen atoms in total. The summed E-state index contributed by atoms with van der Waals surface area (Å²) in [5.41, 5.74) is 0. The van der Waals surface area contributed by atoms with Gasteiger partial charge < -0.3 is 11.3 Å². The van der Waals surface area contributed by atoms with Gasteiger partial charge in [-0.05, 0) is 6.42 Å². The first kappa shape index (κ1) is 14.0. The number of rotatable bonds is 6. The first-order valence-corrected chi connectivity index (χ1v) is 4.41. The van der Waals surface area contributed by atoms with Gasteiger partial charge in [-0.3, -0.25) is 4.79 Å². The van der Waals surface area contributed by atoms with E-state index in [2.05, 4.69) is 6.92 Å². The van der Waals surface area contributed by atoms with Crippen molar-refractivity contribution in [3.63, 3.8) is 0 Å². The predicted octanol–water partition coefficient (Wildman–Crippen LogP) is 2.84. The van der Waals surface area contributed by atoms with E-state index in [0.717, 1.165) is 12.8 Å². The van der Waals surface area contributed by atoms with Crippen molar-refractivity contribution in [2.45, 2.75) is 46.0 Å². The summed E-state index contributed by atoms with van der Waals surface area (Å²) in [6.45, 7) is 3.93. The van der Waals surface area contributed by atoms with Gasteiger partial charge in [0.2, 0.25) is 0 Å². The summed E-state index contributed by atoms with van der Waals surface area (Å²) < 4.78 is 0. The maximum absolute atomic E-state index is 10.4. The van der Waals surface area contributed by atoms with Crippen LogP contribution in [0.3, 0.4) is 0 Å². The zero-order valence-corrected chi connectivity index (χ0v) is 8.18. The molecule has 1 unspecified atom stereocenters. The van der Waals surface area contributed by atoms with Crippen molar-refractivity contribution in [2.75, 3.05) is 0 Å². The summed E-state index contributed by atoms with van der Waals surface area (Å²) in [4.78, 5) is 10.4. The lowest BCUT2D eigenvalue weighted by Gasteiger charge is -2.04. The van der Waals surface area contributed by atoms with Crippen LogP contribution in [0.15, 0.2) is 0 Å². The normalized spacial score (nSPS) is 11.8. The summed E-state index contributed by atoms with van der Waals surface area (Å²) >= 11 is 0. The molecule has 3 heteroatoms. The fourth-order valence-electron chi connectivity index (χ4n) is 1.00. The molecule has 0 aromatic carbocycles. The van der Waals surface area contributed by atoms with Gasteiger partial charge in [0, 0.05) is 0 Å². The Morgan fingerprint density at radius 1 is 1.33 bits per heavy atom. The summed E-state index contributed by atoms with van der Waals surface area (Å²) in [6, 6.07) is 0. The molecule has 0 aliphatic rings. The second-order valence-electron chi connectivity index (χ2n) is 3.09. The van der Waals surface area contributed by atoms with Gasteiger partial charge in [0.05, 0.1) is 5.92 Å². The molecule has 0 spiro atoms. The predicted molar refractivity (Wildman–Crippen MR) is 50.6 cm³/mol. The van der Waals surface area contributed by atoms with Crippen molar-refractivity contribution in [1.82, 2.24) is 6.15 Å². The monoisotopic (exact) mass is 175 g/mol. The minimum atomic E-state index is -0.665. The number of carboxylic acid groups (broad SMARTS) is 1. The molecule has 0 saturated carbocycles. The molecule has 0 rings (SSSR count). The van der Waals surface area contributed by atoms with Crippen LogP contribution in [0.4, 0.5) is 0 Å². The third-order valence-electron chi connectivity index (χ3n) is 1.91. The number of hydrogen-bond donors (Lipinski definition) is 2. The van der Waals surface area contributed by atoms with E-state index < -0.39 is 5.97 Å². The highest BCUT2D eigenvalue weighted by Crippen LogP contribution is 2.09. The molecule has 1 atom stereocenters. The molecule has 0 fully saturated rings. The van der Waals surface area contributed by atoms with Crippen molar-refractivity contribution in [1.29, 1.82) is 0 Å². The summed E-state index contributed by atoms with van der Waals surface area (Å²) in [6.07, 6.45) is 5.50. The van der Waals surface area contributed by atoms with Gasteiger partial charge in [-0.15, -0.1) is 0 Å². The Hall–Kier alpha value is -0.570. The van der Waals surface area contributed by atoms with E-state index in [1.54, 1.807) is 6.92 Å². The number of hydrogen-bond acceptors (Lipinski definition) is 2. The van der Waals surface area contributed by atoms with Gasteiger partial charge in [0.15, 0.2) is 0 Å². The van der Waals surface area contributed by atoms with Crippen molar-refractivity contribution in [2.24, 2.45) is 5.92 Å². The molecule has 74 valence electrons. The van der Waals surface area contributed by atoms with Gasteiger partial charge in [-0.25, -0.2) is 0 Å². The van der Waals surface area contributed by atoms with Crippen molar-refractivity contribution in [3.05, 3.63) is 0 Å². The van der Waals surface area contributed by atoms with E-state index in [-0.39, 0.29) is 12.1 Å². The third-order valence-corrected chi connectivity index (χ3v) is 1.91. The van der Waals surface area contributed by atoms with E-state index in [4.69, 9.17) is 5.11 Å². The summed E-state index contributed by atoms with van der Waals surface area (Å²) in [7, 11) is 0. The van der Waals surface area contributed by atoms with Crippen LogP contribution >= 0.6 is 0 Å². The molecule has 0 aromatic heterocycles. The zero-order valence-electron chi connectivity index (χ0n) is 8.18. The smallest absolute Gasteiger partial charge is 0.306 e. The highest BCUT2D eigenvalue weighted by molar-refractivity contribution is 5.69. The highest BCUT2D eigenvalue weighted by Gasteiger charge is 2.08. The molecule has 0 aliphatic heterocycles. The lowest BCUT2D eigenvalue weighted by molar-refractivity contribution is -0.141. The Balaban J connectivity index is 0. The molecule has 0 bridgehead atoms. The Bertz CT molecular complexity index is 115. The van der Waals surface area contributed by atoms with Crippen molar-refractivity contribution < 1.29 is 9.90 Å². The van der Waals surface area contributed by atoms with E-state index in [9.17, 15) is 4.79 Å². The fraction of sp³-hybridized carbons (Fsp3) is 0.889. The van der Waals surface area contributed by atoms with Crippen molar-refractivity contribution >= 4 is 5.97 Å². The first-order valence-electron chi connectivity index (χ1n) is 4.41. The number of unbranched alkanes of at least 4 members (excludes halogenated alkanes) is 3. The van der Waals surface area contributed by atoms with Crippen LogP contribution in [0.2, 0.25) is 0 Å². The Morgan fingerprint density at radius 3 is 2.33 bits per heavy atom. The Labute approximate surface area is 74.8 Å². The molecule has 0 amide bonds. The van der Waals surface area contributed by atoms with Crippen molar-refractivity contribution in [3.8, 4) is 0 Å². The molecule has 4 N–H and O–H groups in total. The highest BCUT2D eigenvalue weighted by atomic mass is 16.4. The molecule has 0 aliphatic carbocycles. The number of carboxylic acids is 1. The average molecular weight is 175 g/mol. The van der Waals surface area contributed by atoms with Gasteiger partial charge in [-0.1, -0.05) is 39.5 Å². The van der Waals surface area contributed by atoms with E-state index in [0.29, 0.717) is 0 Å². The van der Waals surface area contributed by atoms with Crippen LogP contribution in [0.25, 0.3) is 0 Å². The second-order valence-corrected chi connectivity index (χ2v) is 3.09. The van der Waals surface area contributed by atoms with Gasteiger partial charge in [0.1, 0.15) is 0 Å². The van der Waals surface area contributed by atoms with Crippen LogP contribution in [-0.4, -0.2) is 11.1 Å². The fourth-order valence-corrected chi connectivity index (χ4v) is 1.00. The van der Waals surface area contributed by atoms with E-state index in [1.165, 1.54) is 19.3 Å². The number of carbonyl (C=O) groups is 1. The molecule has 0 saturated heterocycles. The standard InChI is InChI=1S/C9H18O2.H3N/c1-3-4-5-6-7-8(2)9(10)11;/h8H,3-7H2,1-2H3,(H,10,11);1H3. The minimum absolute atomic E-state index is 0. The minimum Gasteiger partial charge on any atom is -0.481 e. The van der Waals surface area contributed by atoms with Gasteiger partial charge in [0.25, 0.3) is 0 Å². The third kappa shape index (κ3) is 7.54. The Morgan fingerprint density at radius 2 is 1.92 bits per heavy atom. The van der Waals surface area contributed by atoms with Crippen LogP contribution in [-0.2, 0) is 4.79 Å². The summed E-state index contributed by atoms with van der Waals surface area (Å²) in [5, 5.41) is 8.54. The quantitative estimate of drug-likeness (QED) is 0.610. The van der Waals surface area contributed by atoms with E-state index in [1.807, 2.05) is 0 Å². The lowest BCUT2D eigenvalue weighted by atomic mass is 10.0. The number of aliphatic carboxylic acids is 1. The topological polar surface area (TPSA) is 72.3 Å². The summed E-state index contributed by atoms with van der Waals surface area (Å²) in [5.74, 6) is -0.826. The zero-order chi connectivity index (χ0) is 8.69. The lowest BCUT2D eigenvalue weighted by Crippen LogP contribution is -2.08. The molecule has 12 heavy (non-hydrogen) atoms. The maximum Gasteiger partial charge on any atom is 0.306 e. The SMILES string of the molecule is CCCCCCC(C)C(=O)O.N. The molecular weight excluding hydrogens is 154 g/mol. The second kappa shape index (κ2) is 8.53. The Kier molecular flexibility index (Phi) is 9.93. The molecular formula is C9H21NO2. The van der Waals surface area contributed by atoms with Crippen LogP contribution in [0.1, 0.15) is 46.0 Å². The molecule has 0 aromatic rings. The van der Waals surface area contributed by atoms with Crippen LogP contribution in [0, 0.1) is 5.92 Å². The van der Waals surface area contributed by atoms with Gasteiger partial charge >= 0.3 is 5.97 Å². The first-order chi connectivity index (χ1) is 5.18. The van der Waals surface area contributed by atoms with E-state index >= 15 is 0 Å². The molecule has 0 radical (unpaired) electrons. The molecule has 0 heterocycles. The van der Waals surface area contributed by atoms with Crippen LogP contribution in [0.5, 0.6) is 0 Å². The van der Waals surface area contributed by atoms with Gasteiger partial charge in [-0.2, -0.15) is 0 Å².